The third kappa shape index (κ3) is 4.45. The van der Waals surface area contributed by atoms with E-state index in [1.54, 1.807) is 0 Å². The van der Waals surface area contributed by atoms with Gasteiger partial charge >= 0.3 is 0 Å². The van der Waals surface area contributed by atoms with Crippen LogP contribution in [0, 0.1) is 0 Å². The van der Waals surface area contributed by atoms with Gasteiger partial charge in [-0.2, -0.15) is 0 Å². The summed E-state index contributed by atoms with van der Waals surface area (Å²) in [6, 6.07) is 8.64. The number of halogens is 1. The molecule has 1 aromatic rings. The number of benzene rings is 1. The van der Waals surface area contributed by atoms with Crippen molar-refractivity contribution in [1.29, 1.82) is 0 Å². The number of carbonyl (C=O) groups is 1. The van der Waals surface area contributed by atoms with E-state index in [1.165, 1.54) is 5.56 Å². The van der Waals surface area contributed by atoms with Crippen molar-refractivity contribution in [2.45, 2.75) is 45.1 Å². The molecule has 0 bridgehead atoms. The van der Waals surface area contributed by atoms with Gasteiger partial charge in [0.15, 0.2) is 0 Å². The highest BCUT2D eigenvalue weighted by atomic mass is 35.5. The third-order valence-corrected chi connectivity index (χ3v) is 4.19. The highest BCUT2D eigenvalue weighted by molar-refractivity contribution is 5.94. The van der Waals surface area contributed by atoms with Crippen LogP contribution in [0.1, 0.15) is 49.5 Å². The molecule has 1 amide bonds. The van der Waals surface area contributed by atoms with E-state index in [4.69, 9.17) is 0 Å². The molecule has 1 aliphatic heterocycles. The van der Waals surface area contributed by atoms with Crippen LogP contribution in [0.4, 0.5) is 0 Å². The Morgan fingerprint density at radius 3 is 2.10 bits per heavy atom. The molecule has 2 rings (SSSR count). The molecular weight excluding hydrogens is 284 g/mol. The predicted octanol–water partition coefficient (Wildman–Crippen LogP) is 3.23. The van der Waals surface area contributed by atoms with Gasteiger partial charge in [0.2, 0.25) is 0 Å². The summed E-state index contributed by atoms with van der Waals surface area (Å²) in [4.78, 5) is 14.4. The van der Waals surface area contributed by atoms with Gasteiger partial charge in [0.05, 0.1) is 0 Å². The van der Waals surface area contributed by atoms with Crippen LogP contribution in [0.25, 0.3) is 0 Å². The maximum atomic E-state index is 12.5. The van der Waals surface area contributed by atoms with E-state index in [2.05, 4.69) is 38.2 Å². The van der Waals surface area contributed by atoms with Gasteiger partial charge in [-0.25, -0.2) is 0 Å². The van der Waals surface area contributed by atoms with Crippen LogP contribution in [0.5, 0.6) is 0 Å². The number of hydrogen-bond donors (Lipinski definition) is 1. The minimum absolute atomic E-state index is 0. The highest BCUT2D eigenvalue weighted by Gasteiger charge is 2.23. The van der Waals surface area contributed by atoms with Crippen LogP contribution >= 0.6 is 12.4 Å². The highest BCUT2D eigenvalue weighted by Crippen LogP contribution is 2.23. The zero-order valence-corrected chi connectivity index (χ0v) is 14.3. The van der Waals surface area contributed by atoms with Crippen molar-refractivity contribution in [2.75, 3.05) is 20.1 Å². The molecule has 1 heterocycles. The monoisotopic (exact) mass is 310 g/mol. The first-order valence-corrected chi connectivity index (χ1v) is 7.49. The Labute approximate surface area is 134 Å². The largest absolute Gasteiger partial charge is 0.339 e. The van der Waals surface area contributed by atoms with Gasteiger partial charge in [-0.1, -0.05) is 32.9 Å². The number of nitrogens with zero attached hydrogens (tertiary/aromatic N) is 1. The lowest BCUT2D eigenvalue weighted by Gasteiger charge is -2.32. The summed E-state index contributed by atoms with van der Waals surface area (Å²) < 4.78 is 0. The molecule has 1 saturated heterocycles. The van der Waals surface area contributed by atoms with Gasteiger partial charge < -0.3 is 10.2 Å². The molecule has 0 aromatic heterocycles. The van der Waals surface area contributed by atoms with Crippen LogP contribution in [0.2, 0.25) is 0 Å². The zero-order chi connectivity index (χ0) is 14.8. The molecule has 1 N–H and O–H groups in total. The van der Waals surface area contributed by atoms with Crippen LogP contribution in [-0.2, 0) is 5.41 Å². The number of piperidine rings is 1. The van der Waals surface area contributed by atoms with Crippen LogP contribution in [0.3, 0.4) is 0 Å². The lowest BCUT2D eigenvalue weighted by atomic mass is 9.86. The van der Waals surface area contributed by atoms with E-state index in [1.807, 2.05) is 24.1 Å². The summed E-state index contributed by atoms with van der Waals surface area (Å²) in [5.74, 6) is 0.167. The first-order valence-electron chi connectivity index (χ1n) is 7.49. The summed E-state index contributed by atoms with van der Waals surface area (Å²) in [6.07, 6.45) is 2.09. The molecule has 4 heteroatoms. The molecule has 0 unspecified atom stereocenters. The standard InChI is InChI=1S/C17H26N2O.ClH/c1-17(2,3)14-7-5-13(6-8-14)16(20)19-11-9-15(18-4)10-12-19;/h5-8,15,18H,9-12H2,1-4H3;1H. The summed E-state index contributed by atoms with van der Waals surface area (Å²) in [5, 5.41) is 3.29. The van der Waals surface area contributed by atoms with Gasteiger partial charge in [0.1, 0.15) is 0 Å². The van der Waals surface area contributed by atoms with Crippen LogP contribution in [-0.4, -0.2) is 37.0 Å². The number of likely N-dealkylation sites (tertiary alicyclic amines) is 1. The van der Waals surface area contributed by atoms with Crippen molar-refractivity contribution in [2.24, 2.45) is 0 Å². The Kier molecular flexibility index (Phi) is 6.24. The first-order chi connectivity index (χ1) is 9.41. The minimum atomic E-state index is 0. The van der Waals surface area contributed by atoms with Gasteiger partial charge in [0.25, 0.3) is 5.91 Å². The van der Waals surface area contributed by atoms with Gasteiger partial charge in [-0.3, -0.25) is 4.79 Å². The summed E-state index contributed by atoms with van der Waals surface area (Å²) in [6.45, 7) is 8.27. The van der Waals surface area contributed by atoms with E-state index < -0.39 is 0 Å². The van der Waals surface area contributed by atoms with Crippen molar-refractivity contribution in [3.05, 3.63) is 35.4 Å². The number of rotatable bonds is 2. The molecule has 0 saturated carbocycles. The van der Waals surface area contributed by atoms with Crippen LogP contribution in [0.15, 0.2) is 24.3 Å². The molecule has 1 aliphatic rings. The van der Waals surface area contributed by atoms with E-state index in [0.717, 1.165) is 31.5 Å². The maximum absolute atomic E-state index is 12.5. The fourth-order valence-electron chi connectivity index (χ4n) is 2.67. The Morgan fingerprint density at radius 2 is 1.67 bits per heavy atom. The third-order valence-electron chi connectivity index (χ3n) is 4.19. The lowest BCUT2D eigenvalue weighted by molar-refractivity contribution is 0.0707. The van der Waals surface area contributed by atoms with Crippen molar-refractivity contribution < 1.29 is 4.79 Å². The van der Waals surface area contributed by atoms with Crippen molar-refractivity contribution in [1.82, 2.24) is 10.2 Å². The first kappa shape index (κ1) is 18.0. The average molecular weight is 311 g/mol. The summed E-state index contributed by atoms with van der Waals surface area (Å²) in [5.41, 5.74) is 2.20. The van der Waals surface area contributed by atoms with Gasteiger partial charge in [-0.05, 0) is 43.0 Å². The predicted molar refractivity (Wildman–Crippen MR) is 90.4 cm³/mol. The topological polar surface area (TPSA) is 32.3 Å². The second-order valence-electron chi connectivity index (χ2n) is 6.68. The quantitative estimate of drug-likeness (QED) is 0.909. The molecule has 21 heavy (non-hydrogen) atoms. The lowest BCUT2D eigenvalue weighted by Crippen LogP contribution is -2.43. The van der Waals surface area contributed by atoms with E-state index >= 15 is 0 Å². The van der Waals surface area contributed by atoms with Crippen molar-refractivity contribution in [3.8, 4) is 0 Å². The van der Waals surface area contributed by atoms with Gasteiger partial charge in [0, 0.05) is 24.7 Å². The van der Waals surface area contributed by atoms with Crippen molar-refractivity contribution in [3.63, 3.8) is 0 Å². The number of carbonyl (C=O) groups excluding carboxylic acids is 1. The number of amides is 1. The molecule has 0 atom stereocenters. The Morgan fingerprint density at radius 1 is 1.14 bits per heavy atom. The van der Waals surface area contributed by atoms with Crippen molar-refractivity contribution >= 4 is 18.3 Å². The second-order valence-corrected chi connectivity index (χ2v) is 6.68. The average Bonchev–Trinajstić information content (AvgIpc) is 2.46. The second kappa shape index (κ2) is 7.28. The molecule has 3 nitrogen and oxygen atoms in total. The smallest absolute Gasteiger partial charge is 0.253 e. The normalized spacial score (nSPS) is 16.5. The summed E-state index contributed by atoms with van der Waals surface area (Å²) in [7, 11) is 1.99. The number of hydrogen-bond acceptors (Lipinski definition) is 2. The Bertz CT molecular complexity index is 457. The molecule has 0 aliphatic carbocycles. The molecule has 118 valence electrons. The summed E-state index contributed by atoms with van der Waals surface area (Å²) >= 11 is 0. The molecule has 0 spiro atoms. The zero-order valence-electron chi connectivity index (χ0n) is 13.5. The Balaban J connectivity index is 0.00000220. The van der Waals surface area contributed by atoms with Gasteiger partial charge in [-0.15, -0.1) is 12.4 Å². The van der Waals surface area contributed by atoms with E-state index in [0.29, 0.717) is 6.04 Å². The molecule has 1 aromatic carbocycles. The SMILES string of the molecule is CNC1CCN(C(=O)c2ccc(C(C)(C)C)cc2)CC1.Cl. The molecule has 0 radical (unpaired) electrons. The van der Waals surface area contributed by atoms with Crippen LogP contribution < -0.4 is 5.32 Å². The van der Waals surface area contributed by atoms with E-state index in [9.17, 15) is 4.79 Å². The fraction of sp³-hybridized carbons (Fsp3) is 0.588. The number of nitrogens with one attached hydrogen (secondary N) is 1. The molecule has 1 fully saturated rings. The van der Waals surface area contributed by atoms with E-state index in [-0.39, 0.29) is 23.7 Å². The minimum Gasteiger partial charge on any atom is -0.339 e. The fourth-order valence-corrected chi connectivity index (χ4v) is 2.67. The molecular formula is C17H27ClN2O. The Hall–Kier alpha value is -1.06. The maximum Gasteiger partial charge on any atom is 0.253 e.